The van der Waals surface area contributed by atoms with Gasteiger partial charge in [-0.1, -0.05) is 13.8 Å². The first-order valence-electron chi connectivity index (χ1n) is 9.41. The molecule has 0 aromatic heterocycles. The molecule has 0 spiro atoms. The molecule has 0 radical (unpaired) electrons. The summed E-state index contributed by atoms with van der Waals surface area (Å²) in [6.45, 7) is 2.17. The zero-order valence-electron chi connectivity index (χ0n) is 17.5. The number of aliphatic carboxylic acids is 1. The van der Waals surface area contributed by atoms with Gasteiger partial charge >= 0.3 is 5.97 Å². The Labute approximate surface area is 178 Å². The highest BCUT2D eigenvalue weighted by atomic mass is 16.4. The normalized spacial score (nSPS) is 15.7. The van der Waals surface area contributed by atoms with Crippen LogP contribution in [0, 0.1) is 5.92 Å². The summed E-state index contributed by atoms with van der Waals surface area (Å²) in [7, 11) is 0. The van der Waals surface area contributed by atoms with Gasteiger partial charge in [0.25, 0.3) is 0 Å². The Morgan fingerprint density at radius 1 is 0.839 bits per heavy atom. The van der Waals surface area contributed by atoms with E-state index in [2.05, 4.69) is 21.3 Å². The van der Waals surface area contributed by atoms with Crippen molar-refractivity contribution in [2.24, 2.45) is 11.7 Å². The number of rotatable bonds is 13. The second kappa shape index (κ2) is 13.5. The maximum atomic E-state index is 12.2. The lowest BCUT2D eigenvalue weighted by Crippen LogP contribution is -2.58. The van der Waals surface area contributed by atoms with E-state index in [0.29, 0.717) is 0 Å². The maximum absolute atomic E-state index is 12.2. The van der Waals surface area contributed by atoms with Gasteiger partial charge in [-0.05, 0) is 12.8 Å². The van der Waals surface area contributed by atoms with E-state index in [1.54, 1.807) is 13.8 Å². The molecule has 10 N–H and O–H groups in total. The average Bonchev–Trinajstić information content (AvgIpc) is 2.70. The van der Waals surface area contributed by atoms with Crippen LogP contribution in [0.3, 0.4) is 0 Å². The van der Waals surface area contributed by atoms with Gasteiger partial charge in [-0.25, -0.2) is 4.79 Å². The summed E-state index contributed by atoms with van der Waals surface area (Å²) in [6.07, 6.45) is -1.20. The molecule has 178 valence electrons. The molecule has 4 amide bonds. The summed E-state index contributed by atoms with van der Waals surface area (Å²) >= 11 is 0. The molecule has 0 aromatic carbocycles. The van der Waals surface area contributed by atoms with Gasteiger partial charge in [0.05, 0.1) is 25.9 Å². The molecular weight excluding hydrogens is 418 g/mol. The average molecular weight is 449 g/mol. The molecule has 0 heterocycles. The summed E-state index contributed by atoms with van der Waals surface area (Å²) in [5.74, 6) is -5.36. The van der Waals surface area contributed by atoms with E-state index in [1.165, 1.54) is 6.92 Å². The van der Waals surface area contributed by atoms with Gasteiger partial charge in [-0.2, -0.15) is 0 Å². The number of nitrogens with one attached hydrogen (secondary N) is 4. The molecule has 31 heavy (non-hydrogen) atoms. The smallest absolute Gasteiger partial charge is 0.328 e. The molecule has 0 aliphatic heterocycles. The van der Waals surface area contributed by atoms with Crippen molar-refractivity contribution in [1.82, 2.24) is 21.3 Å². The van der Waals surface area contributed by atoms with Gasteiger partial charge in [0, 0.05) is 0 Å². The minimum absolute atomic E-state index is 0.459. The summed E-state index contributed by atoms with van der Waals surface area (Å²) < 4.78 is 0. The second-order valence-electron chi connectivity index (χ2n) is 7.10. The fourth-order valence-electron chi connectivity index (χ4n) is 2.18. The minimum atomic E-state index is -1.55. The summed E-state index contributed by atoms with van der Waals surface area (Å²) in [6, 6.07) is -5.47. The fraction of sp³-hybridized carbons (Fsp3) is 0.706. The quantitative estimate of drug-likeness (QED) is 0.130. The molecule has 0 bridgehead atoms. The highest BCUT2D eigenvalue weighted by Gasteiger charge is 2.29. The molecule has 14 heteroatoms. The van der Waals surface area contributed by atoms with Crippen LogP contribution in [-0.4, -0.2) is 100 Å². The molecule has 14 nitrogen and oxygen atoms in total. The van der Waals surface area contributed by atoms with Crippen LogP contribution >= 0.6 is 0 Å². The Kier molecular flexibility index (Phi) is 12.3. The van der Waals surface area contributed by atoms with Crippen molar-refractivity contribution >= 4 is 29.6 Å². The third kappa shape index (κ3) is 9.69. The lowest BCUT2D eigenvalue weighted by molar-refractivity contribution is -0.143. The zero-order valence-corrected chi connectivity index (χ0v) is 17.5. The maximum Gasteiger partial charge on any atom is 0.328 e. The number of nitrogens with two attached hydrogens (primary N) is 1. The largest absolute Gasteiger partial charge is 0.480 e. The van der Waals surface area contributed by atoms with Crippen molar-refractivity contribution in [2.45, 2.75) is 51.0 Å². The zero-order chi connectivity index (χ0) is 24.3. The number of carboxylic acids is 1. The Balaban J connectivity index is 4.86. The Hall–Kier alpha value is -2.81. The topological polar surface area (TPSA) is 240 Å². The molecule has 0 aliphatic carbocycles. The number of carboxylic acid groups (broad SMARTS) is 1. The van der Waals surface area contributed by atoms with E-state index in [9.17, 15) is 34.2 Å². The SMILES string of the molecule is CC(C)[C@H](NC(=O)CNC(=O)[C@H](CO)NC(=O)[C@@H](N)[C@@H](C)O)C(=O)N[C@@H](CO)C(=O)O. The number of aliphatic hydroxyl groups is 3. The number of hydrogen-bond acceptors (Lipinski definition) is 9. The minimum Gasteiger partial charge on any atom is -0.480 e. The number of aliphatic hydroxyl groups excluding tert-OH is 3. The first kappa shape index (κ1) is 28.2. The number of amides is 4. The van der Waals surface area contributed by atoms with Crippen molar-refractivity contribution in [3.8, 4) is 0 Å². The molecular formula is C17H31N5O9. The van der Waals surface area contributed by atoms with Gasteiger partial charge in [-0.15, -0.1) is 0 Å². The summed E-state index contributed by atoms with van der Waals surface area (Å²) in [5, 5.41) is 45.1. The van der Waals surface area contributed by atoms with Gasteiger partial charge in [0.15, 0.2) is 0 Å². The van der Waals surface area contributed by atoms with E-state index in [-0.39, 0.29) is 0 Å². The van der Waals surface area contributed by atoms with Crippen LogP contribution in [0.4, 0.5) is 0 Å². The van der Waals surface area contributed by atoms with Gasteiger partial charge < -0.3 is 47.4 Å². The third-order valence-corrected chi connectivity index (χ3v) is 4.12. The van der Waals surface area contributed by atoms with Crippen LogP contribution in [0.5, 0.6) is 0 Å². The van der Waals surface area contributed by atoms with E-state index >= 15 is 0 Å². The Morgan fingerprint density at radius 3 is 1.77 bits per heavy atom. The van der Waals surface area contributed by atoms with Crippen LogP contribution < -0.4 is 27.0 Å². The molecule has 0 saturated carbocycles. The third-order valence-electron chi connectivity index (χ3n) is 4.12. The Morgan fingerprint density at radius 2 is 1.35 bits per heavy atom. The number of carbonyl (C=O) groups is 5. The van der Waals surface area contributed by atoms with Gasteiger partial charge in [0.1, 0.15) is 24.2 Å². The first-order chi connectivity index (χ1) is 14.3. The van der Waals surface area contributed by atoms with Crippen LogP contribution in [0.2, 0.25) is 0 Å². The summed E-state index contributed by atoms with van der Waals surface area (Å²) in [4.78, 5) is 59.1. The predicted molar refractivity (Wildman–Crippen MR) is 105 cm³/mol. The van der Waals surface area contributed by atoms with Crippen molar-refractivity contribution in [3.63, 3.8) is 0 Å². The molecule has 0 unspecified atom stereocenters. The van der Waals surface area contributed by atoms with Crippen LogP contribution in [0.15, 0.2) is 0 Å². The van der Waals surface area contributed by atoms with Gasteiger partial charge in [-0.3, -0.25) is 19.2 Å². The fourth-order valence-corrected chi connectivity index (χ4v) is 2.18. The highest BCUT2D eigenvalue weighted by molar-refractivity contribution is 5.94. The number of hydrogen-bond donors (Lipinski definition) is 9. The first-order valence-corrected chi connectivity index (χ1v) is 9.41. The molecule has 0 rings (SSSR count). The predicted octanol–water partition coefficient (Wildman–Crippen LogP) is -5.01. The van der Waals surface area contributed by atoms with E-state index in [4.69, 9.17) is 15.9 Å². The number of carbonyl (C=O) groups excluding carboxylic acids is 4. The monoisotopic (exact) mass is 449 g/mol. The molecule has 5 atom stereocenters. The van der Waals surface area contributed by atoms with E-state index in [1.807, 2.05) is 0 Å². The van der Waals surface area contributed by atoms with Crippen molar-refractivity contribution in [3.05, 3.63) is 0 Å². The van der Waals surface area contributed by atoms with E-state index < -0.39 is 85.5 Å². The van der Waals surface area contributed by atoms with Crippen molar-refractivity contribution in [2.75, 3.05) is 19.8 Å². The molecule has 0 saturated heterocycles. The molecule has 0 aliphatic rings. The highest BCUT2D eigenvalue weighted by Crippen LogP contribution is 2.02. The standard InChI is InChI=1S/C17H31N5O9/c1-7(2)13(16(29)21-10(6-24)17(30)31)22-11(26)4-19-14(27)9(5-23)20-15(28)12(18)8(3)25/h7-10,12-13,23-25H,4-6,18H2,1-3H3,(H,19,27)(H,20,28)(H,21,29)(H,22,26)(H,30,31)/t8-,9+,10+,12+,13+/m1/s1. The van der Waals surface area contributed by atoms with Crippen molar-refractivity contribution in [1.29, 1.82) is 0 Å². The van der Waals surface area contributed by atoms with Crippen molar-refractivity contribution < 1.29 is 44.4 Å². The molecule has 0 fully saturated rings. The lowest BCUT2D eigenvalue weighted by Gasteiger charge is -2.24. The van der Waals surface area contributed by atoms with Gasteiger partial charge in [0.2, 0.25) is 23.6 Å². The van der Waals surface area contributed by atoms with Crippen LogP contribution in [0.25, 0.3) is 0 Å². The van der Waals surface area contributed by atoms with Crippen LogP contribution in [-0.2, 0) is 24.0 Å². The summed E-state index contributed by atoms with van der Waals surface area (Å²) in [5.41, 5.74) is 5.43. The second-order valence-corrected chi connectivity index (χ2v) is 7.10. The van der Waals surface area contributed by atoms with E-state index in [0.717, 1.165) is 0 Å². The van der Waals surface area contributed by atoms with Crippen LogP contribution in [0.1, 0.15) is 20.8 Å². The lowest BCUT2D eigenvalue weighted by atomic mass is 10.0. The molecule has 0 aromatic rings. The Bertz CT molecular complexity index is 656.